The van der Waals surface area contributed by atoms with Gasteiger partial charge < -0.3 is 15.2 Å². The fourth-order valence-electron chi connectivity index (χ4n) is 2.58. The highest BCUT2D eigenvalue weighted by Crippen LogP contribution is 2.29. The van der Waals surface area contributed by atoms with Crippen LogP contribution >= 0.6 is 0 Å². The molecule has 1 amide bonds. The molecule has 0 bridgehead atoms. The van der Waals surface area contributed by atoms with Crippen molar-refractivity contribution in [1.29, 1.82) is 0 Å². The van der Waals surface area contributed by atoms with Crippen molar-refractivity contribution >= 4 is 11.6 Å². The molecular weight excluding hydrogens is 309 g/mol. The summed E-state index contributed by atoms with van der Waals surface area (Å²) in [7, 11) is 1.33. The average Bonchev–Trinajstić information content (AvgIpc) is 2.53. The van der Waals surface area contributed by atoms with Crippen molar-refractivity contribution in [3.05, 3.63) is 33.6 Å². The second kappa shape index (κ2) is 7.34. The summed E-state index contributed by atoms with van der Waals surface area (Å²) in [5, 5.41) is 10.9. The van der Waals surface area contributed by atoms with Crippen molar-refractivity contribution in [3.8, 4) is 5.75 Å². The molecule has 1 atom stereocenters. The van der Waals surface area contributed by atoms with E-state index in [9.17, 15) is 19.3 Å². The molecule has 2 rings (SSSR count). The summed E-state index contributed by atoms with van der Waals surface area (Å²) in [6, 6.07) is 1.37. The lowest BCUT2D eigenvalue weighted by Gasteiger charge is -2.32. The number of methoxy groups -OCH3 is 1. The Balaban J connectivity index is 2.32. The maximum Gasteiger partial charge on any atom is 0.305 e. The van der Waals surface area contributed by atoms with Gasteiger partial charge in [0, 0.05) is 37.2 Å². The summed E-state index contributed by atoms with van der Waals surface area (Å²) in [4.78, 5) is 23.7. The molecule has 126 valence electrons. The van der Waals surface area contributed by atoms with Crippen LogP contribution in [0.4, 0.5) is 10.1 Å². The van der Waals surface area contributed by atoms with E-state index in [1.807, 2.05) is 4.90 Å². The lowest BCUT2D eigenvalue weighted by molar-refractivity contribution is -0.387. The normalized spacial score (nSPS) is 16.8. The van der Waals surface area contributed by atoms with Gasteiger partial charge in [-0.05, 0) is 0 Å². The number of rotatable bonds is 6. The zero-order chi connectivity index (χ0) is 17.0. The van der Waals surface area contributed by atoms with Crippen molar-refractivity contribution in [2.24, 2.45) is 5.73 Å². The van der Waals surface area contributed by atoms with E-state index in [1.54, 1.807) is 0 Å². The van der Waals surface area contributed by atoms with Crippen LogP contribution in [0.3, 0.4) is 0 Å². The van der Waals surface area contributed by atoms with Gasteiger partial charge in [0.2, 0.25) is 11.7 Å². The maximum absolute atomic E-state index is 13.7. The van der Waals surface area contributed by atoms with Crippen molar-refractivity contribution in [3.63, 3.8) is 0 Å². The Bertz CT molecular complexity index is 604. The smallest absolute Gasteiger partial charge is 0.305 e. The van der Waals surface area contributed by atoms with E-state index in [4.69, 9.17) is 15.2 Å². The molecule has 23 heavy (non-hydrogen) atoms. The zero-order valence-corrected chi connectivity index (χ0v) is 12.7. The van der Waals surface area contributed by atoms with Crippen molar-refractivity contribution in [2.75, 3.05) is 33.4 Å². The van der Waals surface area contributed by atoms with Gasteiger partial charge >= 0.3 is 5.69 Å². The standard InChI is InChI=1S/C14H18FN3O5/c1-22-13-8-10(15)11(18(20)21)6-9(13)7-12(14(16)19)17-2-4-23-5-3-17/h6,8,12H,2-5,7H2,1H3,(H2,16,19)/t12-/m0/s1. The zero-order valence-electron chi connectivity index (χ0n) is 12.7. The minimum atomic E-state index is -0.988. The Labute approximate surface area is 132 Å². The molecule has 1 aliphatic heterocycles. The fraction of sp³-hybridized carbons (Fsp3) is 0.500. The Hall–Kier alpha value is -2.26. The number of hydrogen-bond donors (Lipinski definition) is 1. The summed E-state index contributed by atoms with van der Waals surface area (Å²) in [6.07, 6.45) is 0.0969. The van der Waals surface area contributed by atoms with Crippen LogP contribution in [0.15, 0.2) is 12.1 Å². The number of nitrogens with zero attached hydrogens (tertiary/aromatic N) is 2. The number of halogens is 1. The molecule has 1 fully saturated rings. The molecule has 0 radical (unpaired) electrons. The number of carbonyl (C=O) groups excluding carboxylic acids is 1. The van der Waals surface area contributed by atoms with Crippen LogP contribution in [0.5, 0.6) is 5.75 Å². The summed E-state index contributed by atoms with van der Waals surface area (Å²) >= 11 is 0. The first-order valence-corrected chi connectivity index (χ1v) is 7.06. The first-order chi connectivity index (χ1) is 10.9. The number of amides is 1. The summed E-state index contributed by atoms with van der Waals surface area (Å²) in [5.41, 5.74) is 5.16. The molecule has 9 heteroatoms. The van der Waals surface area contributed by atoms with Gasteiger partial charge in [0.25, 0.3) is 0 Å². The highest BCUT2D eigenvalue weighted by Gasteiger charge is 2.28. The van der Waals surface area contributed by atoms with Crippen molar-refractivity contribution < 1.29 is 23.6 Å². The second-order valence-electron chi connectivity index (χ2n) is 5.14. The third kappa shape index (κ3) is 3.93. The number of nitro benzene ring substituents is 1. The van der Waals surface area contributed by atoms with E-state index >= 15 is 0 Å². The third-order valence-corrected chi connectivity index (χ3v) is 3.77. The topological polar surface area (TPSA) is 108 Å². The summed E-state index contributed by atoms with van der Waals surface area (Å²) in [5.74, 6) is -1.40. The van der Waals surface area contributed by atoms with E-state index in [0.717, 1.165) is 12.1 Å². The molecule has 1 aromatic rings. The predicted octanol–water partition coefficient (Wildman–Crippen LogP) is 0.471. The summed E-state index contributed by atoms with van der Waals surface area (Å²) < 4.78 is 24.0. The number of hydrogen-bond acceptors (Lipinski definition) is 6. The molecule has 0 spiro atoms. The maximum atomic E-state index is 13.7. The van der Waals surface area contributed by atoms with Gasteiger partial charge in [-0.25, -0.2) is 0 Å². The first kappa shape index (κ1) is 17.1. The lowest BCUT2D eigenvalue weighted by atomic mass is 10.0. The minimum Gasteiger partial charge on any atom is -0.496 e. The molecule has 1 aliphatic rings. The molecule has 8 nitrogen and oxygen atoms in total. The van der Waals surface area contributed by atoms with Crippen LogP contribution in [0.2, 0.25) is 0 Å². The van der Waals surface area contributed by atoms with E-state index in [-0.39, 0.29) is 12.2 Å². The highest BCUT2D eigenvalue weighted by molar-refractivity contribution is 5.80. The van der Waals surface area contributed by atoms with E-state index in [2.05, 4.69) is 0 Å². The fourth-order valence-corrected chi connectivity index (χ4v) is 2.58. The van der Waals surface area contributed by atoms with Gasteiger partial charge in [0.05, 0.1) is 31.3 Å². The third-order valence-electron chi connectivity index (χ3n) is 3.77. The van der Waals surface area contributed by atoms with Crippen LogP contribution in [0.1, 0.15) is 5.56 Å². The van der Waals surface area contributed by atoms with E-state index < -0.39 is 28.4 Å². The van der Waals surface area contributed by atoms with Crippen molar-refractivity contribution in [1.82, 2.24) is 4.90 Å². The van der Waals surface area contributed by atoms with Gasteiger partial charge in [-0.3, -0.25) is 19.8 Å². The van der Waals surface area contributed by atoms with Gasteiger partial charge in [0.15, 0.2) is 0 Å². The van der Waals surface area contributed by atoms with Crippen LogP contribution in [0, 0.1) is 15.9 Å². The summed E-state index contributed by atoms with van der Waals surface area (Å²) in [6.45, 7) is 2.01. The molecule has 0 saturated carbocycles. The monoisotopic (exact) mass is 327 g/mol. The molecule has 2 N–H and O–H groups in total. The number of ether oxygens (including phenoxy) is 2. The largest absolute Gasteiger partial charge is 0.496 e. The number of nitro groups is 1. The van der Waals surface area contributed by atoms with Gasteiger partial charge in [-0.2, -0.15) is 4.39 Å². The van der Waals surface area contributed by atoms with Crippen LogP contribution in [0.25, 0.3) is 0 Å². The first-order valence-electron chi connectivity index (χ1n) is 7.06. The molecule has 1 aromatic carbocycles. The Morgan fingerprint density at radius 2 is 2.17 bits per heavy atom. The quantitative estimate of drug-likeness (QED) is 0.601. The lowest BCUT2D eigenvalue weighted by Crippen LogP contribution is -2.50. The molecule has 1 heterocycles. The molecule has 0 aromatic heterocycles. The number of morpholine rings is 1. The Kier molecular flexibility index (Phi) is 5.45. The number of nitrogens with two attached hydrogens (primary N) is 1. The highest BCUT2D eigenvalue weighted by atomic mass is 19.1. The molecule has 1 saturated heterocycles. The van der Waals surface area contributed by atoms with Crippen LogP contribution < -0.4 is 10.5 Å². The SMILES string of the molecule is COc1cc(F)c([N+](=O)[O-])cc1C[C@@H](C(N)=O)N1CCOCC1. The second-order valence-corrected chi connectivity index (χ2v) is 5.14. The van der Waals surface area contributed by atoms with Crippen LogP contribution in [-0.2, 0) is 16.0 Å². The van der Waals surface area contributed by atoms with Gasteiger partial charge in [-0.1, -0.05) is 0 Å². The minimum absolute atomic E-state index is 0.0969. The molecule has 0 aliphatic carbocycles. The van der Waals surface area contributed by atoms with Crippen LogP contribution in [-0.4, -0.2) is 55.2 Å². The Morgan fingerprint density at radius 3 is 2.70 bits per heavy atom. The van der Waals surface area contributed by atoms with Crippen molar-refractivity contribution in [2.45, 2.75) is 12.5 Å². The molecular formula is C14H18FN3O5. The number of carbonyl (C=O) groups is 1. The Morgan fingerprint density at radius 1 is 1.52 bits per heavy atom. The van der Waals surface area contributed by atoms with Gasteiger partial charge in [-0.15, -0.1) is 0 Å². The van der Waals surface area contributed by atoms with E-state index in [1.165, 1.54) is 7.11 Å². The van der Waals surface area contributed by atoms with E-state index in [0.29, 0.717) is 31.9 Å². The van der Waals surface area contributed by atoms with Gasteiger partial charge in [0.1, 0.15) is 5.75 Å². The average molecular weight is 327 g/mol. The number of benzene rings is 1. The number of primary amides is 1. The molecule has 0 unspecified atom stereocenters. The predicted molar refractivity (Wildman–Crippen MR) is 78.7 cm³/mol.